The van der Waals surface area contributed by atoms with Crippen LogP contribution in [0.1, 0.15) is 19.8 Å². The molecule has 0 fully saturated rings. The molecule has 5 nitrogen and oxygen atoms in total. The minimum Gasteiger partial charge on any atom is -0.321 e. The van der Waals surface area contributed by atoms with Crippen molar-refractivity contribution >= 4 is 34.2 Å². The van der Waals surface area contributed by atoms with E-state index in [0.717, 1.165) is 22.2 Å². The van der Waals surface area contributed by atoms with Gasteiger partial charge in [0.25, 0.3) is 0 Å². The molecule has 0 amide bonds. The van der Waals surface area contributed by atoms with E-state index < -0.39 is 0 Å². The zero-order valence-corrected chi connectivity index (χ0v) is 11.8. The maximum absolute atomic E-state index is 4.26. The maximum atomic E-state index is 4.26. The Morgan fingerprint density at radius 1 is 1.29 bits per heavy atom. The second kappa shape index (κ2) is 5.95. The van der Waals surface area contributed by atoms with E-state index in [1.54, 1.807) is 18.6 Å². The van der Waals surface area contributed by atoms with Crippen molar-refractivity contribution < 1.29 is 0 Å². The fraction of sp³-hybridized carbons (Fsp3) is 0.364. The van der Waals surface area contributed by atoms with E-state index in [9.17, 15) is 0 Å². The Bertz CT molecular complexity index is 465. The van der Waals surface area contributed by atoms with Crippen LogP contribution >= 0.6 is 22.6 Å². The molecule has 0 spiro atoms. The fourth-order valence-electron chi connectivity index (χ4n) is 1.38. The molecule has 0 radical (unpaired) electrons. The molecule has 0 aromatic carbocycles. The van der Waals surface area contributed by atoms with Gasteiger partial charge in [0.05, 0.1) is 11.9 Å². The van der Waals surface area contributed by atoms with Gasteiger partial charge in [-0.15, -0.1) is 0 Å². The monoisotopic (exact) mass is 343 g/mol. The van der Waals surface area contributed by atoms with Crippen LogP contribution in [0.15, 0.2) is 24.8 Å². The Balaban J connectivity index is 1.98. The number of nitrogens with zero attached hydrogens (tertiary/aromatic N) is 4. The first-order valence-electron chi connectivity index (χ1n) is 5.55. The predicted octanol–water partition coefficient (Wildman–Crippen LogP) is 2.82. The van der Waals surface area contributed by atoms with Gasteiger partial charge in [-0.3, -0.25) is 4.68 Å². The molecule has 0 bridgehead atoms. The number of aromatic nitrogens is 4. The molecule has 0 saturated heterocycles. The van der Waals surface area contributed by atoms with Gasteiger partial charge in [0.1, 0.15) is 0 Å². The van der Waals surface area contributed by atoms with Crippen LogP contribution in [0.4, 0.5) is 11.6 Å². The van der Waals surface area contributed by atoms with Gasteiger partial charge in [0.2, 0.25) is 5.95 Å². The molecule has 0 unspecified atom stereocenters. The summed E-state index contributed by atoms with van der Waals surface area (Å²) in [7, 11) is 0. The highest BCUT2D eigenvalue weighted by molar-refractivity contribution is 14.1. The van der Waals surface area contributed by atoms with E-state index in [2.05, 4.69) is 49.9 Å². The molecule has 2 aromatic heterocycles. The summed E-state index contributed by atoms with van der Waals surface area (Å²) >= 11 is 2.18. The van der Waals surface area contributed by atoms with Gasteiger partial charge in [0, 0.05) is 28.7 Å². The zero-order chi connectivity index (χ0) is 12.1. The highest BCUT2D eigenvalue weighted by Crippen LogP contribution is 2.12. The Kier molecular flexibility index (Phi) is 4.29. The summed E-state index contributed by atoms with van der Waals surface area (Å²) in [4.78, 5) is 8.36. The average Bonchev–Trinajstić information content (AvgIpc) is 2.77. The summed E-state index contributed by atoms with van der Waals surface area (Å²) in [5, 5.41) is 7.38. The van der Waals surface area contributed by atoms with Gasteiger partial charge in [0.15, 0.2) is 0 Å². The molecule has 2 aromatic rings. The van der Waals surface area contributed by atoms with E-state index in [-0.39, 0.29) is 0 Å². The Hall–Kier alpha value is -1.18. The summed E-state index contributed by atoms with van der Waals surface area (Å²) in [5.74, 6) is 0.598. The first-order chi connectivity index (χ1) is 8.28. The second-order valence-corrected chi connectivity index (χ2v) is 4.94. The minimum atomic E-state index is 0.598. The number of hydrogen-bond acceptors (Lipinski definition) is 4. The third kappa shape index (κ3) is 3.65. The van der Waals surface area contributed by atoms with Crippen LogP contribution in [0, 0.1) is 3.57 Å². The van der Waals surface area contributed by atoms with Crippen molar-refractivity contribution in [1.29, 1.82) is 0 Å². The summed E-state index contributed by atoms with van der Waals surface area (Å²) < 4.78 is 2.95. The van der Waals surface area contributed by atoms with Crippen molar-refractivity contribution in [2.24, 2.45) is 0 Å². The van der Waals surface area contributed by atoms with Crippen molar-refractivity contribution in [2.45, 2.75) is 26.3 Å². The predicted molar refractivity (Wildman–Crippen MR) is 75.2 cm³/mol. The van der Waals surface area contributed by atoms with E-state index in [1.807, 2.05) is 10.9 Å². The molecule has 6 heteroatoms. The van der Waals surface area contributed by atoms with Gasteiger partial charge < -0.3 is 5.32 Å². The van der Waals surface area contributed by atoms with Crippen LogP contribution in [-0.2, 0) is 6.54 Å². The first kappa shape index (κ1) is 12.3. The third-order valence-electron chi connectivity index (χ3n) is 2.25. The third-order valence-corrected chi connectivity index (χ3v) is 2.81. The van der Waals surface area contributed by atoms with Crippen LogP contribution < -0.4 is 5.32 Å². The number of rotatable bonds is 5. The average molecular weight is 343 g/mol. The normalized spacial score (nSPS) is 10.5. The number of aryl methyl sites for hydroxylation is 1. The molecule has 0 saturated carbocycles. The minimum absolute atomic E-state index is 0.598. The molecule has 1 N–H and O–H groups in total. The standard InChI is InChI=1S/C11H14IN5/c1-2-3-4-17-8-10(7-15-17)16-11-13-5-9(12)6-14-11/h5-8H,2-4H2,1H3,(H,13,14,16). The zero-order valence-electron chi connectivity index (χ0n) is 9.60. The lowest BCUT2D eigenvalue weighted by Gasteiger charge is -2.00. The number of nitrogens with one attached hydrogen (secondary N) is 1. The molecule has 2 rings (SSSR count). The number of halogens is 1. The fourth-order valence-corrected chi connectivity index (χ4v) is 1.65. The van der Waals surface area contributed by atoms with E-state index >= 15 is 0 Å². The molecule has 2 heterocycles. The van der Waals surface area contributed by atoms with Gasteiger partial charge >= 0.3 is 0 Å². The highest BCUT2D eigenvalue weighted by atomic mass is 127. The lowest BCUT2D eigenvalue weighted by Crippen LogP contribution is -1.98. The summed E-state index contributed by atoms with van der Waals surface area (Å²) in [6.07, 6.45) is 9.62. The van der Waals surface area contributed by atoms with Crippen LogP contribution in [0.5, 0.6) is 0 Å². The molecule has 0 aliphatic rings. The summed E-state index contributed by atoms with van der Waals surface area (Å²) in [6, 6.07) is 0. The molecule has 0 aliphatic carbocycles. The van der Waals surface area contributed by atoms with E-state index in [0.29, 0.717) is 5.95 Å². The molecular formula is C11H14IN5. The van der Waals surface area contributed by atoms with Crippen LogP contribution in [-0.4, -0.2) is 19.7 Å². The number of unbranched alkanes of at least 4 members (excludes halogenated alkanes) is 1. The lowest BCUT2D eigenvalue weighted by molar-refractivity contribution is 0.572. The SMILES string of the molecule is CCCCn1cc(Nc2ncc(I)cn2)cn1. The van der Waals surface area contributed by atoms with Crippen LogP contribution in [0.25, 0.3) is 0 Å². The largest absolute Gasteiger partial charge is 0.321 e. The second-order valence-electron chi connectivity index (χ2n) is 3.70. The van der Waals surface area contributed by atoms with Crippen molar-refractivity contribution in [3.63, 3.8) is 0 Å². The van der Waals surface area contributed by atoms with Gasteiger partial charge in [-0.05, 0) is 29.0 Å². The van der Waals surface area contributed by atoms with Crippen LogP contribution in [0.3, 0.4) is 0 Å². The lowest BCUT2D eigenvalue weighted by atomic mass is 10.3. The maximum Gasteiger partial charge on any atom is 0.227 e. The molecule has 17 heavy (non-hydrogen) atoms. The van der Waals surface area contributed by atoms with Gasteiger partial charge in [-0.2, -0.15) is 5.10 Å². The van der Waals surface area contributed by atoms with Crippen molar-refractivity contribution in [2.75, 3.05) is 5.32 Å². The Morgan fingerprint density at radius 2 is 2.06 bits per heavy atom. The molecular weight excluding hydrogens is 329 g/mol. The van der Waals surface area contributed by atoms with E-state index in [4.69, 9.17) is 0 Å². The van der Waals surface area contributed by atoms with Gasteiger partial charge in [-0.25, -0.2) is 9.97 Å². The van der Waals surface area contributed by atoms with Gasteiger partial charge in [-0.1, -0.05) is 13.3 Å². The van der Waals surface area contributed by atoms with Crippen LogP contribution in [0.2, 0.25) is 0 Å². The molecule has 0 aliphatic heterocycles. The van der Waals surface area contributed by atoms with E-state index in [1.165, 1.54) is 6.42 Å². The Labute approximate surface area is 114 Å². The molecule has 0 atom stereocenters. The van der Waals surface area contributed by atoms with Crippen molar-refractivity contribution in [1.82, 2.24) is 19.7 Å². The first-order valence-corrected chi connectivity index (χ1v) is 6.63. The smallest absolute Gasteiger partial charge is 0.227 e. The topological polar surface area (TPSA) is 55.6 Å². The number of hydrogen-bond donors (Lipinski definition) is 1. The van der Waals surface area contributed by atoms with Crippen molar-refractivity contribution in [3.8, 4) is 0 Å². The quantitative estimate of drug-likeness (QED) is 0.849. The summed E-state index contributed by atoms with van der Waals surface area (Å²) in [5.41, 5.74) is 0.919. The summed E-state index contributed by atoms with van der Waals surface area (Å²) in [6.45, 7) is 3.12. The number of anilines is 2. The van der Waals surface area contributed by atoms with Crippen molar-refractivity contribution in [3.05, 3.63) is 28.4 Å². The Morgan fingerprint density at radius 3 is 2.76 bits per heavy atom. The highest BCUT2D eigenvalue weighted by Gasteiger charge is 2.00. The molecule has 90 valence electrons.